The first kappa shape index (κ1) is 15.1. The standard InChI is InChI=1S/C15H13F3N2O/c16-12-4-2-1-3-10(12)8-19-9-15(21)20-11-5-6-13(17)14(18)7-11/h1-7,19H,8-9H2,(H,20,21). The smallest absolute Gasteiger partial charge is 0.238 e. The van der Waals surface area contributed by atoms with Gasteiger partial charge in [-0.3, -0.25) is 4.79 Å². The van der Waals surface area contributed by atoms with Crippen molar-refractivity contribution >= 4 is 11.6 Å². The molecule has 2 aromatic rings. The van der Waals surface area contributed by atoms with E-state index in [1.165, 1.54) is 12.1 Å². The fourth-order valence-corrected chi connectivity index (χ4v) is 1.73. The summed E-state index contributed by atoms with van der Waals surface area (Å²) in [5.41, 5.74) is 0.602. The Morgan fingerprint density at radius 2 is 1.71 bits per heavy atom. The third-order valence-electron chi connectivity index (χ3n) is 2.76. The molecule has 1 amide bonds. The quantitative estimate of drug-likeness (QED) is 0.890. The van der Waals surface area contributed by atoms with Gasteiger partial charge in [-0.15, -0.1) is 0 Å². The molecule has 0 aliphatic carbocycles. The van der Waals surface area contributed by atoms with Crippen LogP contribution in [0.3, 0.4) is 0 Å². The normalized spacial score (nSPS) is 10.4. The Labute approximate surface area is 119 Å². The van der Waals surface area contributed by atoms with E-state index < -0.39 is 17.5 Å². The molecule has 0 aliphatic rings. The highest BCUT2D eigenvalue weighted by molar-refractivity contribution is 5.92. The maximum Gasteiger partial charge on any atom is 0.238 e. The van der Waals surface area contributed by atoms with Gasteiger partial charge in [0.05, 0.1) is 6.54 Å². The highest BCUT2D eigenvalue weighted by Crippen LogP contribution is 2.12. The van der Waals surface area contributed by atoms with E-state index in [0.717, 1.165) is 12.1 Å². The van der Waals surface area contributed by atoms with Gasteiger partial charge in [-0.1, -0.05) is 18.2 Å². The molecular weight excluding hydrogens is 281 g/mol. The van der Waals surface area contributed by atoms with E-state index in [1.54, 1.807) is 18.2 Å². The number of amides is 1. The van der Waals surface area contributed by atoms with E-state index in [2.05, 4.69) is 10.6 Å². The molecule has 0 fully saturated rings. The fraction of sp³-hybridized carbons (Fsp3) is 0.133. The van der Waals surface area contributed by atoms with Gasteiger partial charge in [0.25, 0.3) is 0 Å². The van der Waals surface area contributed by atoms with E-state index in [4.69, 9.17) is 0 Å². The molecule has 0 aliphatic heterocycles. The van der Waals surface area contributed by atoms with Crippen molar-refractivity contribution < 1.29 is 18.0 Å². The van der Waals surface area contributed by atoms with Crippen molar-refractivity contribution in [3.63, 3.8) is 0 Å². The summed E-state index contributed by atoms with van der Waals surface area (Å²) < 4.78 is 39.0. The largest absolute Gasteiger partial charge is 0.325 e. The summed E-state index contributed by atoms with van der Waals surface area (Å²) in [7, 11) is 0. The van der Waals surface area contributed by atoms with Gasteiger partial charge in [0.15, 0.2) is 11.6 Å². The molecule has 0 radical (unpaired) electrons. The second kappa shape index (κ2) is 6.90. The van der Waals surface area contributed by atoms with E-state index >= 15 is 0 Å². The first-order chi connectivity index (χ1) is 10.1. The van der Waals surface area contributed by atoms with Crippen LogP contribution in [0.4, 0.5) is 18.9 Å². The number of nitrogens with one attached hydrogen (secondary N) is 2. The van der Waals surface area contributed by atoms with Gasteiger partial charge in [-0.2, -0.15) is 0 Å². The second-order valence-corrected chi connectivity index (χ2v) is 4.37. The molecule has 0 unspecified atom stereocenters. The SMILES string of the molecule is O=C(CNCc1ccccc1F)Nc1ccc(F)c(F)c1. The van der Waals surface area contributed by atoms with Crippen molar-refractivity contribution in [1.82, 2.24) is 5.32 Å². The fourth-order valence-electron chi connectivity index (χ4n) is 1.73. The van der Waals surface area contributed by atoms with Crippen LogP contribution in [-0.4, -0.2) is 12.5 Å². The summed E-state index contributed by atoms with van der Waals surface area (Å²) in [5, 5.41) is 5.18. The number of carbonyl (C=O) groups is 1. The molecule has 6 heteroatoms. The molecule has 0 aromatic heterocycles. The molecule has 2 rings (SSSR count). The number of benzene rings is 2. The Kier molecular flexibility index (Phi) is 4.94. The minimum absolute atomic E-state index is 0.0761. The van der Waals surface area contributed by atoms with Gasteiger partial charge in [0.2, 0.25) is 5.91 Å². The minimum Gasteiger partial charge on any atom is -0.325 e. The summed E-state index contributed by atoms with van der Waals surface area (Å²) in [6, 6.07) is 9.29. The zero-order chi connectivity index (χ0) is 15.2. The Bertz CT molecular complexity index is 647. The number of halogens is 3. The van der Waals surface area contributed by atoms with Crippen LogP contribution >= 0.6 is 0 Å². The van der Waals surface area contributed by atoms with E-state index in [1.807, 2.05) is 0 Å². The minimum atomic E-state index is -1.04. The van der Waals surface area contributed by atoms with Crippen LogP contribution in [0.25, 0.3) is 0 Å². The van der Waals surface area contributed by atoms with Crippen molar-refractivity contribution in [2.75, 3.05) is 11.9 Å². The lowest BCUT2D eigenvalue weighted by Gasteiger charge is -2.07. The predicted octanol–water partition coefficient (Wildman–Crippen LogP) is 2.83. The van der Waals surface area contributed by atoms with Crippen LogP contribution in [0.15, 0.2) is 42.5 Å². The average molecular weight is 294 g/mol. The first-order valence-corrected chi connectivity index (χ1v) is 6.25. The molecule has 2 aromatic carbocycles. The van der Waals surface area contributed by atoms with Crippen LogP contribution < -0.4 is 10.6 Å². The van der Waals surface area contributed by atoms with Gasteiger partial charge in [0, 0.05) is 23.9 Å². The number of rotatable bonds is 5. The topological polar surface area (TPSA) is 41.1 Å². The Balaban J connectivity index is 1.82. The van der Waals surface area contributed by atoms with Gasteiger partial charge in [-0.05, 0) is 18.2 Å². The van der Waals surface area contributed by atoms with Crippen LogP contribution in [-0.2, 0) is 11.3 Å². The molecule has 3 nitrogen and oxygen atoms in total. The molecule has 21 heavy (non-hydrogen) atoms. The second-order valence-electron chi connectivity index (χ2n) is 4.37. The summed E-state index contributed by atoms with van der Waals surface area (Å²) >= 11 is 0. The Hall–Kier alpha value is -2.34. The van der Waals surface area contributed by atoms with Crippen molar-refractivity contribution in [3.8, 4) is 0 Å². The lowest BCUT2D eigenvalue weighted by molar-refractivity contribution is -0.115. The van der Waals surface area contributed by atoms with Gasteiger partial charge < -0.3 is 10.6 Å². The first-order valence-electron chi connectivity index (χ1n) is 6.25. The number of hydrogen-bond donors (Lipinski definition) is 2. The highest BCUT2D eigenvalue weighted by Gasteiger charge is 2.06. The number of hydrogen-bond acceptors (Lipinski definition) is 2. The predicted molar refractivity (Wildman–Crippen MR) is 73.1 cm³/mol. The Morgan fingerprint density at radius 3 is 2.43 bits per heavy atom. The molecule has 0 heterocycles. The number of carbonyl (C=O) groups excluding carboxylic acids is 1. The molecule has 0 atom stereocenters. The van der Waals surface area contributed by atoms with E-state index in [-0.39, 0.29) is 24.6 Å². The molecule has 0 bridgehead atoms. The summed E-state index contributed by atoms with van der Waals surface area (Å²) in [5.74, 6) is -2.80. The molecule has 2 N–H and O–H groups in total. The zero-order valence-corrected chi connectivity index (χ0v) is 11.0. The van der Waals surface area contributed by atoms with Crippen molar-refractivity contribution in [2.24, 2.45) is 0 Å². The molecular formula is C15H13F3N2O. The third kappa shape index (κ3) is 4.32. The van der Waals surface area contributed by atoms with Gasteiger partial charge in [0.1, 0.15) is 5.82 Å². The monoisotopic (exact) mass is 294 g/mol. The van der Waals surface area contributed by atoms with Crippen LogP contribution in [0.1, 0.15) is 5.56 Å². The summed E-state index contributed by atoms with van der Waals surface area (Å²) in [4.78, 5) is 11.6. The lowest BCUT2D eigenvalue weighted by atomic mass is 10.2. The number of anilines is 1. The summed E-state index contributed by atoms with van der Waals surface area (Å²) in [6.07, 6.45) is 0. The van der Waals surface area contributed by atoms with Crippen molar-refractivity contribution in [2.45, 2.75) is 6.54 Å². The summed E-state index contributed by atoms with van der Waals surface area (Å²) in [6.45, 7) is 0.116. The van der Waals surface area contributed by atoms with Crippen LogP contribution in [0.5, 0.6) is 0 Å². The van der Waals surface area contributed by atoms with Crippen molar-refractivity contribution in [1.29, 1.82) is 0 Å². The maximum absolute atomic E-state index is 13.3. The molecule has 0 spiro atoms. The zero-order valence-electron chi connectivity index (χ0n) is 11.0. The maximum atomic E-state index is 13.3. The van der Waals surface area contributed by atoms with E-state index in [9.17, 15) is 18.0 Å². The van der Waals surface area contributed by atoms with Gasteiger partial charge >= 0.3 is 0 Å². The highest BCUT2D eigenvalue weighted by atomic mass is 19.2. The third-order valence-corrected chi connectivity index (χ3v) is 2.76. The van der Waals surface area contributed by atoms with E-state index in [0.29, 0.717) is 5.56 Å². The van der Waals surface area contributed by atoms with Gasteiger partial charge in [-0.25, -0.2) is 13.2 Å². The molecule has 0 saturated carbocycles. The van der Waals surface area contributed by atoms with Crippen molar-refractivity contribution in [3.05, 3.63) is 65.5 Å². The average Bonchev–Trinajstić information content (AvgIpc) is 2.45. The van der Waals surface area contributed by atoms with Crippen LogP contribution in [0.2, 0.25) is 0 Å². The van der Waals surface area contributed by atoms with Crippen LogP contribution in [0, 0.1) is 17.5 Å². The Morgan fingerprint density at radius 1 is 0.952 bits per heavy atom. The lowest BCUT2D eigenvalue weighted by Crippen LogP contribution is -2.28. The molecule has 110 valence electrons. The molecule has 0 saturated heterocycles.